The van der Waals surface area contributed by atoms with E-state index in [1.54, 1.807) is 0 Å². The van der Waals surface area contributed by atoms with E-state index < -0.39 is 0 Å². The van der Waals surface area contributed by atoms with E-state index in [0.29, 0.717) is 13.2 Å². The Bertz CT molecular complexity index is 414. The Hall–Kier alpha value is -1.13. The van der Waals surface area contributed by atoms with Gasteiger partial charge in [-0.25, -0.2) is 4.98 Å². The molecule has 0 aromatic carbocycles. The molecule has 4 heteroatoms. The highest BCUT2D eigenvalue weighted by atomic mass is 16.6. The van der Waals surface area contributed by atoms with Crippen molar-refractivity contribution in [3.05, 3.63) is 23.4 Å². The monoisotopic (exact) mass is 248 g/mol. The summed E-state index contributed by atoms with van der Waals surface area (Å²) in [6, 6.07) is 4.94. The Morgan fingerprint density at radius 2 is 2.22 bits per heavy atom. The van der Waals surface area contributed by atoms with E-state index in [1.165, 1.54) is 18.4 Å². The van der Waals surface area contributed by atoms with Gasteiger partial charge < -0.3 is 14.8 Å². The van der Waals surface area contributed by atoms with Crippen LogP contribution in [0.4, 0.5) is 0 Å². The lowest BCUT2D eigenvalue weighted by atomic mass is 10.2. The summed E-state index contributed by atoms with van der Waals surface area (Å²) in [5.41, 5.74) is 2.37. The summed E-state index contributed by atoms with van der Waals surface area (Å²) in [6.45, 7) is 4.41. The van der Waals surface area contributed by atoms with E-state index in [4.69, 9.17) is 9.47 Å². The second kappa shape index (κ2) is 5.24. The lowest BCUT2D eigenvalue weighted by molar-refractivity contribution is -0.0814. The highest BCUT2D eigenvalue weighted by Crippen LogP contribution is 2.21. The lowest BCUT2D eigenvalue weighted by Crippen LogP contribution is -2.38. The van der Waals surface area contributed by atoms with Crippen molar-refractivity contribution in [2.45, 2.75) is 44.9 Å². The third-order valence-corrected chi connectivity index (χ3v) is 3.34. The van der Waals surface area contributed by atoms with Crippen LogP contribution in [0.15, 0.2) is 12.1 Å². The summed E-state index contributed by atoms with van der Waals surface area (Å²) >= 11 is 0. The van der Waals surface area contributed by atoms with Crippen molar-refractivity contribution >= 4 is 0 Å². The summed E-state index contributed by atoms with van der Waals surface area (Å²) in [5, 5.41) is 3.52. The van der Waals surface area contributed by atoms with Crippen molar-refractivity contribution in [1.82, 2.24) is 10.3 Å². The first-order chi connectivity index (χ1) is 8.83. The molecule has 0 bridgehead atoms. The average Bonchev–Trinajstić information content (AvgIpc) is 3.15. The van der Waals surface area contributed by atoms with Gasteiger partial charge in [0, 0.05) is 24.3 Å². The topological polar surface area (TPSA) is 43.4 Å². The molecular weight excluding hydrogens is 228 g/mol. The molecule has 1 aliphatic heterocycles. The molecule has 1 aliphatic carbocycles. The third kappa shape index (κ3) is 3.00. The SMILES string of the molecule is CCc1cc(CNC2CC2)cc(OC2COC2)n1. The number of aromatic nitrogens is 1. The quantitative estimate of drug-likeness (QED) is 0.831. The number of aryl methyl sites for hydroxylation is 1. The molecule has 0 amide bonds. The molecule has 2 aliphatic rings. The van der Waals surface area contributed by atoms with Gasteiger partial charge in [-0.15, -0.1) is 0 Å². The number of nitrogens with one attached hydrogen (secondary N) is 1. The van der Waals surface area contributed by atoms with E-state index in [0.717, 1.165) is 30.6 Å². The minimum atomic E-state index is 0.189. The van der Waals surface area contributed by atoms with Crippen LogP contribution in [0.5, 0.6) is 5.88 Å². The van der Waals surface area contributed by atoms with Crippen LogP contribution < -0.4 is 10.1 Å². The van der Waals surface area contributed by atoms with E-state index in [1.807, 2.05) is 6.07 Å². The molecule has 0 spiro atoms. The van der Waals surface area contributed by atoms with Crippen LogP contribution in [0.1, 0.15) is 31.0 Å². The highest BCUT2D eigenvalue weighted by Gasteiger charge is 2.22. The van der Waals surface area contributed by atoms with E-state index in [2.05, 4.69) is 23.3 Å². The Labute approximate surface area is 108 Å². The van der Waals surface area contributed by atoms with Gasteiger partial charge in [-0.3, -0.25) is 0 Å². The van der Waals surface area contributed by atoms with Crippen LogP contribution in [0.3, 0.4) is 0 Å². The Kier molecular flexibility index (Phi) is 3.48. The second-order valence-electron chi connectivity index (χ2n) is 5.09. The van der Waals surface area contributed by atoms with Gasteiger partial charge in [0.15, 0.2) is 0 Å². The predicted octanol–water partition coefficient (Wildman–Crippen LogP) is 1.67. The number of rotatable bonds is 6. The smallest absolute Gasteiger partial charge is 0.214 e. The molecule has 2 fully saturated rings. The molecule has 3 rings (SSSR count). The molecule has 4 nitrogen and oxygen atoms in total. The summed E-state index contributed by atoms with van der Waals surface area (Å²) < 4.78 is 10.9. The standard InChI is InChI=1S/C14H20N2O2/c1-2-11-5-10(7-15-12-3-4-12)6-14(16-11)18-13-8-17-9-13/h5-6,12-13,15H,2-4,7-9H2,1H3. The van der Waals surface area contributed by atoms with Crippen molar-refractivity contribution in [3.63, 3.8) is 0 Å². The average molecular weight is 248 g/mol. The van der Waals surface area contributed by atoms with Crippen molar-refractivity contribution in [3.8, 4) is 5.88 Å². The molecule has 18 heavy (non-hydrogen) atoms. The van der Waals surface area contributed by atoms with Crippen LogP contribution in [0, 0.1) is 0 Å². The first-order valence-electron chi connectivity index (χ1n) is 6.81. The minimum absolute atomic E-state index is 0.189. The van der Waals surface area contributed by atoms with Gasteiger partial charge >= 0.3 is 0 Å². The van der Waals surface area contributed by atoms with Crippen molar-refractivity contribution in [1.29, 1.82) is 0 Å². The summed E-state index contributed by atoms with van der Waals surface area (Å²) in [7, 11) is 0. The van der Waals surface area contributed by atoms with Crippen LogP contribution >= 0.6 is 0 Å². The first kappa shape index (κ1) is 11.9. The fraction of sp³-hybridized carbons (Fsp3) is 0.643. The molecule has 2 heterocycles. The van der Waals surface area contributed by atoms with E-state index in [-0.39, 0.29) is 6.10 Å². The molecular formula is C14H20N2O2. The highest BCUT2D eigenvalue weighted by molar-refractivity contribution is 5.25. The zero-order valence-corrected chi connectivity index (χ0v) is 10.8. The largest absolute Gasteiger partial charge is 0.469 e. The van der Waals surface area contributed by atoms with E-state index >= 15 is 0 Å². The van der Waals surface area contributed by atoms with Gasteiger partial charge in [0.2, 0.25) is 5.88 Å². The molecule has 98 valence electrons. The maximum absolute atomic E-state index is 5.79. The van der Waals surface area contributed by atoms with Gasteiger partial charge in [-0.2, -0.15) is 0 Å². The first-order valence-corrected chi connectivity index (χ1v) is 6.81. The molecule has 0 radical (unpaired) electrons. The molecule has 0 unspecified atom stereocenters. The zero-order valence-electron chi connectivity index (χ0n) is 10.8. The third-order valence-electron chi connectivity index (χ3n) is 3.34. The molecule has 1 aromatic heterocycles. The molecule has 1 N–H and O–H groups in total. The molecule has 1 saturated carbocycles. The van der Waals surface area contributed by atoms with E-state index in [9.17, 15) is 0 Å². The number of hydrogen-bond acceptors (Lipinski definition) is 4. The fourth-order valence-electron chi connectivity index (χ4n) is 1.97. The number of pyridine rings is 1. The van der Waals surface area contributed by atoms with Gasteiger partial charge in [0.1, 0.15) is 6.10 Å². The molecule has 1 saturated heterocycles. The van der Waals surface area contributed by atoms with Gasteiger partial charge in [-0.05, 0) is 30.9 Å². The van der Waals surface area contributed by atoms with Crippen molar-refractivity contribution < 1.29 is 9.47 Å². The van der Waals surface area contributed by atoms with Crippen LogP contribution in [-0.4, -0.2) is 30.3 Å². The van der Waals surface area contributed by atoms with Gasteiger partial charge in [-0.1, -0.05) is 6.92 Å². The Morgan fingerprint density at radius 3 is 2.83 bits per heavy atom. The van der Waals surface area contributed by atoms with Crippen molar-refractivity contribution in [2.24, 2.45) is 0 Å². The predicted molar refractivity (Wildman–Crippen MR) is 68.7 cm³/mol. The second-order valence-corrected chi connectivity index (χ2v) is 5.09. The van der Waals surface area contributed by atoms with Gasteiger partial charge in [0.05, 0.1) is 13.2 Å². The summed E-state index contributed by atoms with van der Waals surface area (Å²) in [4.78, 5) is 4.51. The maximum Gasteiger partial charge on any atom is 0.214 e. The van der Waals surface area contributed by atoms with Gasteiger partial charge in [0.25, 0.3) is 0 Å². The van der Waals surface area contributed by atoms with Crippen molar-refractivity contribution in [2.75, 3.05) is 13.2 Å². The zero-order chi connectivity index (χ0) is 12.4. The summed E-state index contributed by atoms with van der Waals surface area (Å²) in [5.74, 6) is 0.746. The number of hydrogen-bond donors (Lipinski definition) is 1. The minimum Gasteiger partial charge on any atom is -0.469 e. The summed E-state index contributed by atoms with van der Waals surface area (Å²) in [6.07, 6.45) is 3.76. The molecule has 0 atom stereocenters. The van der Waals surface area contributed by atoms with Crippen LogP contribution in [0.2, 0.25) is 0 Å². The lowest BCUT2D eigenvalue weighted by Gasteiger charge is -2.26. The fourth-order valence-corrected chi connectivity index (χ4v) is 1.97. The maximum atomic E-state index is 5.79. The number of nitrogens with zero attached hydrogens (tertiary/aromatic N) is 1. The Morgan fingerprint density at radius 1 is 1.39 bits per heavy atom. The Balaban J connectivity index is 1.67. The number of ether oxygens (including phenoxy) is 2. The van der Waals surface area contributed by atoms with Crippen LogP contribution in [0.25, 0.3) is 0 Å². The normalized spacial score (nSPS) is 19.6. The van der Waals surface area contributed by atoms with Crippen LogP contribution in [-0.2, 0) is 17.7 Å². The molecule has 1 aromatic rings.